The van der Waals surface area contributed by atoms with Crippen LogP contribution in [0.4, 0.5) is 11.4 Å². The van der Waals surface area contributed by atoms with Crippen LogP contribution in [0, 0.1) is 5.92 Å². The summed E-state index contributed by atoms with van der Waals surface area (Å²) in [6.07, 6.45) is 0. The van der Waals surface area contributed by atoms with Gasteiger partial charge in [-0.15, -0.1) is 0 Å². The fourth-order valence-corrected chi connectivity index (χ4v) is 3.75. The molecule has 0 unspecified atom stereocenters. The van der Waals surface area contributed by atoms with Crippen molar-refractivity contribution in [1.82, 2.24) is 5.32 Å². The van der Waals surface area contributed by atoms with Gasteiger partial charge in [0.2, 0.25) is 5.91 Å². The highest BCUT2D eigenvalue weighted by atomic mass is 16.5. The van der Waals surface area contributed by atoms with Crippen LogP contribution < -0.4 is 15.5 Å². The lowest BCUT2D eigenvalue weighted by Crippen LogP contribution is -2.47. The molecule has 2 aromatic rings. The van der Waals surface area contributed by atoms with E-state index in [0.717, 1.165) is 30.0 Å². The molecule has 1 saturated heterocycles. The molecule has 172 valence electrons. The van der Waals surface area contributed by atoms with E-state index in [1.807, 2.05) is 62.4 Å². The summed E-state index contributed by atoms with van der Waals surface area (Å²) in [6, 6.07) is 14.7. The van der Waals surface area contributed by atoms with Crippen LogP contribution in [0.1, 0.15) is 50.5 Å². The molecule has 6 nitrogen and oxygen atoms in total. The van der Waals surface area contributed by atoms with Crippen LogP contribution >= 0.6 is 0 Å². The van der Waals surface area contributed by atoms with E-state index in [-0.39, 0.29) is 23.1 Å². The molecule has 2 N–H and O–H groups in total. The first-order chi connectivity index (χ1) is 15.2. The van der Waals surface area contributed by atoms with E-state index in [0.29, 0.717) is 18.8 Å². The first-order valence-electron chi connectivity index (χ1n) is 11.3. The number of morpholine rings is 1. The molecular weight excluding hydrogens is 402 g/mol. The number of nitrogens with one attached hydrogen (secondary N) is 2. The van der Waals surface area contributed by atoms with Crippen molar-refractivity contribution in [3.05, 3.63) is 59.7 Å². The summed E-state index contributed by atoms with van der Waals surface area (Å²) in [5.74, 6) is -0.538. The largest absolute Gasteiger partial charge is 0.378 e. The van der Waals surface area contributed by atoms with Crippen molar-refractivity contribution in [2.45, 2.75) is 46.1 Å². The minimum Gasteiger partial charge on any atom is -0.378 e. The number of carbonyl (C=O) groups excluding carboxylic acids is 2. The van der Waals surface area contributed by atoms with Crippen molar-refractivity contribution >= 4 is 23.2 Å². The molecule has 1 atom stereocenters. The van der Waals surface area contributed by atoms with E-state index in [1.165, 1.54) is 0 Å². The number of rotatable bonds is 6. The predicted octanol–water partition coefficient (Wildman–Crippen LogP) is 4.21. The number of hydrogen-bond acceptors (Lipinski definition) is 4. The van der Waals surface area contributed by atoms with Gasteiger partial charge in [0.15, 0.2) is 0 Å². The van der Waals surface area contributed by atoms with Crippen molar-refractivity contribution < 1.29 is 14.3 Å². The predicted molar refractivity (Wildman–Crippen MR) is 129 cm³/mol. The molecule has 2 amide bonds. The zero-order valence-corrected chi connectivity index (χ0v) is 19.8. The first kappa shape index (κ1) is 23.8. The van der Waals surface area contributed by atoms with Crippen LogP contribution in [0.2, 0.25) is 0 Å². The Balaban J connectivity index is 1.72. The number of carbonyl (C=O) groups is 2. The zero-order chi connectivity index (χ0) is 23.3. The Morgan fingerprint density at radius 3 is 2.19 bits per heavy atom. The molecule has 1 heterocycles. The summed E-state index contributed by atoms with van der Waals surface area (Å²) in [5, 5.41) is 5.96. The van der Waals surface area contributed by atoms with Crippen LogP contribution in [0.5, 0.6) is 0 Å². The van der Waals surface area contributed by atoms with Crippen LogP contribution in [0.3, 0.4) is 0 Å². The number of para-hydroxylation sites is 2. The topological polar surface area (TPSA) is 70.7 Å². The molecule has 0 radical (unpaired) electrons. The minimum absolute atomic E-state index is 0.0171. The Morgan fingerprint density at radius 2 is 1.59 bits per heavy atom. The van der Waals surface area contributed by atoms with Crippen LogP contribution in [-0.4, -0.2) is 44.2 Å². The van der Waals surface area contributed by atoms with Crippen LogP contribution in [0.25, 0.3) is 0 Å². The molecule has 0 spiro atoms. The van der Waals surface area contributed by atoms with Gasteiger partial charge < -0.3 is 20.3 Å². The fourth-order valence-electron chi connectivity index (χ4n) is 3.75. The summed E-state index contributed by atoms with van der Waals surface area (Å²) in [6.45, 7) is 13.2. The standard InChI is InChI=1S/C26H35N3O3/c1-18(2)23(28-24(30)19-10-12-20(13-11-19)26(3,4)5)25(31)27-21-8-6-7-9-22(21)29-14-16-32-17-15-29/h6-13,18,23H,14-17H2,1-5H3,(H,27,31)(H,28,30)/t23-/m0/s1. The molecule has 32 heavy (non-hydrogen) atoms. The lowest BCUT2D eigenvalue weighted by atomic mass is 9.86. The van der Waals surface area contributed by atoms with Gasteiger partial charge in [-0.05, 0) is 41.2 Å². The number of nitrogens with zero attached hydrogens (tertiary/aromatic N) is 1. The van der Waals surface area contributed by atoms with Crippen LogP contribution in [0.15, 0.2) is 48.5 Å². The summed E-state index contributed by atoms with van der Waals surface area (Å²) in [4.78, 5) is 28.3. The molecule has 2 aromatic carbocycles. The SMILES string of the molecule is CC(C)[C@H](NC(=O)c1ccc(C(C)(C)C)cc1)C(=O)Nc1ccccc1N1CCOCC1. The molecular formula is C26H35N3O3. The molecule has 0 aromatic heterocycles. The monoisotopic (exact) mass is 437 g/mol. The van der Waals surface area contributed by atoms with Gasteiger partial charge >= 0.3 is 0 Å². The second-order valence-corrected chi connectivity index (χ2v) is 9.63. The van der Waals surface area contributed by atoms with E-state index in [1.54, 1.807) is 0 Å². The molecule has 1 aliphatic rings. The maximum atomic E-state index is 13.2. The Hall–Kier alpha value is -2.86. The number of benzene rings is 2. The van der Waals surface area contributed by atoms with Gasteiger partial charge in [-0.2, -0.15) is 0 Å². The van der Waals surface area contributed by atoms with Gasteiger partial charge in [0.1, 0.15) is 6.04 Å². The quantitative estimate of drug-likeness (QED) is 0.710. The third-order valence-corrected chi connectivity index (χ3v) is 5.76. The normalized spacial score (nSPS) is 15.4. The third kappa shape index (κ3) is 5.88. The summed E-state index contributed by atoms with van der Waals surface area (Å²) in [5.41, 5.74) is 3.44. The molecule has 0 saturated carbocycles. The number of anilines is 2. The summed E-state index contributed by atoms with van der Waals surface area (Å²) < 4.78 is 5.45. The van der Waals surface area contributed by atoms with Crippen LogP contribution in [-0.2, 0) is 14.9 Å². The smallest absolute Gasteiger partial charge is 0.251 e. The molecule has 3 rings (SSSR count). The minimum atomic E-state index is -0.650. The second-order valence-electron chi connectivity index (χ2n) is 9.63. The van der Waals surface area contributed by atoms with E-state index >= 15 is 0 Å². The Morgan fingerprint density at radius 1 is 0.969 bits per heavy atom. The van der Waals surface area contributed by atoms with Gasteiger partial charge in [-0.1, -0.05) is 58.9 Å². The number of amides is 2. The van der Waals surface area contributed by atoms with E-state index in [4.69, 9.17) is 4.74 Å². The van der Waals surface area contributed by atoms with Crippen molar-refractivity contribution in [2.75, 3.05) is 36.5 Å². The maximum Gasteiger partial charge on any atom is 0.251 e. The first-order valence-corrected chi connectivity index (χ1v) is 11.3. The Kier molecular flexibility index (Phi) is 7.56. The average molecular weight is 438 g/mol. The number of hydrogen-bond donors (Lipinski definition) is 2. The molecule has 1 aliphatic heterocycles. The van der Waals surface area contributed by atoms with E-state index < -0.39 is 6.04 Å². The van der Waals surface area contributed by atoms with Crippen molar-refractivity contribution in [3.8, 4) is 0 Å². The summed E-state index contributed by atoms with van der Waals surface area (Å²) >= 11 is 0. The highest BCUT2D eigenvalue weighted by Crippen LogP contribution is 2.27. The highest BCUT2D eigenvalue weighted by Gasteiger charge is 2.26. The molecule has 0 aliphatic carbocycles. The van der Waals surface area contributed by atoms with Crippen molar-refractivity contribution in [3.63, 3.8) is 0 Å². The second kappa shape index (κ2) is 10.2. The Bertz CT molecular complexity index is 926. The van der Waals surface area contributed by atoms with Gasteiger partial charge in [0.05, 0.1) is 24.6 Å². The van der Waals surface area contributed by atoms with Gasteiger partial charge in [-0.3, -0.25) is 9.59 Å². The van der Waals surface area contributed by atoms with E-state index in [9.17, 15) is 9.59 Å². The average Bonchev–Trinajstić information content (AvgIpc) is 2.77. The lowest BCUT2D eigenvalue weighted by Gasteiger charge is -2.31. The molecule has 0 bridgehead atoms. The fraction of sp³-hybridized carbons (Fsp3) is 0.462. The molecule has 1 fully saturated rings. The van der Waals surface area contributed by atoms with Gasteiger partial charge in [0, 0.05) is 18.7 Å². The van der Waals surface area contributed by atoms with E-state index in [2.05, 4.69) is 36.3 Å². The summed E-state index contributed by atoms with van der Waals surface area (Å²) in [7, 11) is 0. The van der Waals surface area contributed by atoms with Crippen molar-refractivity contribution in [1.29, 1.82) is 0 Å². The van der Waals surface area contributed by atoms with Crippen molar-refractivity contribution in [2.24, 2.45) is 5.92 Å². The maximum absolute atomic E-state index is 13.2. The zero-order valence-electron chi connectivity index (χ0n) is 19.8. The lowest BCUT2D eigenvalue weighted by molar-refractivity contribution is -0.118. The van der Waals surface area contributed by atoms with Gasteiger partial charge in [0.25, 0.3) is 5.91 Å². The molecule has 6 heteroatoms. The number of ether oxygens (including phenoxy) is 1. The van der Waals surface area contributed by atoms with Gasteiger partial charge in [-0.25, -0.2) is 0 Å². The Labute approximate surface area is 191 Å². The third-order valence-electron chi connectivity index (χ3n) is 5.76. The highest BCUT2D eigenvalue weighted by molar-refractivity contribution is 6.02.